The molecule has 0 aromatic heterocycles. The van der Waals surface area contributed by atoms with Crippen LogP contribution in [0.3, 0.4) is 0 Å². The predicted octanol–water partition coefficient (Wildman–Crippen LogP) is 1.58. The first-order valence-electron chi connectivity index (χ1n) is 9.67. The lowest BCUT2D eigenvalue weighted by molar-refractivity contribution is -0.00139. The molecule has 2 heterocycles. The summed E-state index contributed by atoms with van der Waals surface area (Å²) in [5.41, 5.74) is 2.05. The quantitative estimate of drug-likeness (QED) is 0.682. The van der Waals surface area contributed by atoms with Gasteiger partial charge in [-0.1, -0.05) is 18.2 Å². The Labute approximate surface area is 168 Å². The fraction of sp³-hybridized carbons (Fsp3) is 0.381. The normalized spacial score (nSPS) is 20.0. The van der Waals surface area contributed by atoms with E-state index in [-0.39, 0.29) is 24.8 Å². The van der Waals surface area contributed by atoms with Crippen molar-refractivity contribution in [1.82, 2.24) is 4.90 Å². The average molecular weight is 401 g/mol. The number of hydrogen-bond donors (Lipinski definition) is 3. The molecule has 2 aromatic rings. The molecule has 0 bridgehead atoms. The van der Waals surface area contributed by atoms with Crippen molar-refractivity contribution < 1.29 is 24.1 Å². The number of halogens is 1. The van der Waals surface area contributed by atoms with Gasteiger partial charge in [-0.3, -0.25) is 4.79 Å². The Kier molecular flexibility index (Phi) is 5.66. The zero-order valence-corrected chi connectivity index (χ0v) is 15.9. The fourth-order valence-corrected chi connectivity index (χ4v) is 3.74. The van der Waals surface area contributed by atoms with Crippen molar-refractivity contribution in [2.75, 3.05) is 49.6 Å². The molecular formula is C21H24FN3O4. The standard InChI is InChI=1S/C21H24FN3O4/c22-18-11-14(5-6-19(18)24-7-9-29-10-8-24)23-12-15(26)13-25-20(27)16-3-1-2-4-17(16)21(25)28/h1-6,11,15,20,23,26-27H,7-10,12-13H2. The number of nitrogens with zero attached hydrogens (tertiary/aromatic N) is 2. The SMILES string of the molecule is O=C1c2ccccc2C(O)N1CC(O)CNc1ccc(N2CCOCC2)c(F)c1. The number of anilines is 2. The summed E-state index contributed by atoms with van der Waals surface area (Å²) >= 11 is 0. The topological polar surface area (TPSA) is 85.3 Å². The van der Waals surface area contributed by atoms with Gasteiger partial charge in [0.25, 0.3) is 5.91 Å². The molecule has 2 aliphatic rings. The van der Waals surface area contributed by atoms with Crippen molar-refractivity contribution in [3.63, 3.8) is 0 Å². The van der Waals surface area contributed by atoms with Gasteiger partial charge in [-0.15, -0.1) is 0 Å². The minimum Gasteiger partial charge on any atom is -0.389 e. The highest BCUT2D eigenvalue weighted by atomic mass is 19.1. The van der Waals surface area contributed by atoms with Crippen molar-refractivity contribution in [2.45, 2.75) is 12.3 Å². The van der Waals surface area contributed by atoms with Gasteiger partial charge in [0.05, 0.1) is 31.5 Å². The molecule has 2 unspecified atom stereocenters. The third kappa shape index (κ3) is 4.05. The summed E-state index contributed by atoms with van der Waals surface area (Å²) in [6.07, 6.45) is -2.00. The van der Waals surface area contributed by atoms with Gasteiger partial charge >= 0.3 is 0 Å². The lowest BCUT2D eigenvalue weighted by Gasteiger charge is -2.29. The smallest absolute Gasteiger partial charge is 0.256 e. The van der Waals surface area contributed by atoms with Gasteiger partial charge in [0.15, 0.2) is 6.23 Å². The van der Waals surface area contributed by atoms with E-state index in [0.29, 0.717) is 48.8 Å². The lowest BCUT2D eigenvalue weighted by Crippen LogP contribution is -2.38. The third-order valence-electron chi connectivity index (χ3n) is 5.27. The first-order chi connectivity index (χ1) is 14.0. The molecule has 2 atom stereocenters. The first kappa shape index (κ1) is 19.6. The third-order valence-corrected chi connectivity index (χ3v) is 5.27. The Morgan fingerprint density at radius 3 is 2.69 bits per heavy atom. The Morgan fingerprint density at radius 2 is 1.97 bits per heavy atom. The van der Waals surface area contributed by atoms with Crippen molar-refractivity contribution in [1.29, 1.82) is 0 Å². The van der Waals surface area contributed by atoms with Crippen LogP contribution in [0.25, 0.3) is 0 Å². The molecular weight excluding hydrogens is 377 g/mol. The maximum absolute atomic E-state index is 14.5. The Balaban J connectivity index is 1.34. The highest BCUT2D eigenvalue weighted by molar-refractivity contribution is 5.98. The second kappa shape index (κ2) is 8.36. The number of ether oxygens (including phenoxy) is 1. The number of hydrogen-bond acceptors (Lipinski definition) is 6. The predicted molar refractivity (Wildman–Crippen MR) is 106 cm³/mol. The van der Waals surface area contributed by atoms with E-state index in [1.807, 2.05) is 4.90 Å². The summed E-state index contributed by atoms with van der Waals surface area (Å²) in [7, 11) is 0. The van der Waals surface area contributed by atoms with Crippen LogP contribution in [0.5, 0.6) is 0 Å². The first-order valence-corrected chi connectivity index (χ1v) is 9.67. The summed E-state index contributed by atoms with van der Waals surface area (Å²) in [4.78, 5) is 15.6. The zero-order valence-electron chi connectivity index (χ0n) is 15.9. The second-order valence-corrected chi connectivity index (χ2v) is 7.22. The zero-order chi connectivity index (χ0) is 20.4. The maximum Gasteiger partial charge on any atom is 0.256 e. The number of carbonyl (C=O) groups excluding carboxylic acids is 1. The van der Waals surface area contributed by atoms with Gasteiger partial charge in [0, 0.05) is 36.4 Å². The molecule has 29 heavy (non-hydrogen) atoms. The van der Waals surface area contributed by atoms with E-state index in [0.717, 1.165) is 0 Å². The molecule has 3 N–H and O–H groups in total. The highest BCUT2D eigenvalue weighted by Gasteiger charge is 2.35. The Hall–Kier alpha value is -2.68. The minimum atomic E-state index is -1.07. The maximum atomic E-state index is 14.5. The van der Waals surface area contributed by atoms with Crippen LogP contribution in [0, 0.1) is 5.82 Å². The number of benzene rings is 2. The molecule has 154 valence electrons. The number of aliphatic hydroxyl groups excluding tert-OH is 2. The van der Waals surface area contributed by atoms with Crippen molar-refractivity contribution >= 4 is 17.3 Å². The molecule has 2 aliphatic heterocycles. The fourth-order valence-electron chi connectivity index (χ4n) is 3.74. The minimum absolute atomic E-state index is 0.0317. The van der Waals surface area contributed by atoms with E-state index in [2.05, 4.69) is 5.32 Å². The summed E-state index contributed by atoms with van der Waals surface area (Å²) in [5.74, 6) is -0.653. The number of nitrogens with one attached hydrogen (secondary N) is 1. The Bertz CT molecular complexity index is 888. The van der Waals surface area contributed by atoms with E-state index in [1.54, 1.807) is 36.4 Å². The number of carbonyl (C=O) groups is 1. The van der Waals surface area contributed by atoms with Gasteiger partial charge in [-0.2, -0.15) is 0 Å². The van der Waals surface area contributed by atoms with E-state index in [4.69, 9.17) is 4.74 Å². The van der Waals surface area contributed by atoms with Crippen LogP contribution in [-0.4, -0.2) is 66.5 Å². The molecule has 0 radical (unpaired) electrons. The highest BCUT2D eigenvalue weighted by Crippen LogP contribution is 2.31. The molecule has 1 fully saturated rings. The number of rotatable bonds is 6. The van der Waals surface area contributed by atoms with Crippen molar-refractivity contribution in [3.05, 3.63) is 59.4 Å². The van der Waals surface area contributed by atoms with Crippen LogP contribution >= 0.6 is 0 Å². The number of β-amino-alcohol motifs (C(OH)–C–C–N with tert-alkyl or cyclic N) is 1. The molecule has 7 nitrogen and oxygen atoms in total. The molecule has 0 saturated carbocycles. The summed E-state index contributed by atoms with van der Waals surface area (Å²) in [6, 6.07) is 11.7. The van der Waals surface area contributed by atoms with Gasteiger partial charge in [0.1, 0.15) is 5.82 Å². The molecule has 4 rings (SSSR count). The number of fused-ring (bicyclic) bond motifs is 1. The summed E-state index contributed by atoms with van der Waals surface area (Å²) in [5, 5.41) is 23.7. The molecule has 1 amide bonds. The van der Waals surface area contributed by atoms with E-state index in [9.17, 15) is 19.4 Å². The van der Waals surface area contributed by atoms with Crippen molar-refractivity contribution in [3.8, 4) is 0 Å². The van der Waals surface area contributed by atoms with E-state index >= 15 is 0 Å². The van der Waals surface area contributed by atoms with Crippen LogP contribution in [0.1, 0.15) is 22.1 Å². The molecule has 0 aliphatic carbocycles. The van der Waals surface area contributed by atoms with Crippen molar-refractivity contribution in [2.24, 2.45) is 0 Å². The lowest BCUT2D eigenvalue weighted by atomic mass is 10.1. The van der Waals surface area contributed by atoms with E-state index in [1.165, 1.54) is 11.0 Å². The monoisotopic (exact) mass is 401 g/mol. The molecule has 2 aromatic carbocycles. The van der Waals surface area contributed by atoms with Crippen LogP contribution in [0.4, 0.5) is 15.8 Å². The number of morpholine rings is 1. The number of aliphatic hydroxyl groups is 2. The molecule has 0 spiro atoms. The summed E-state index contributed by atoms with van der Waals surface area (Å²) in [6.45, 7) is 2.54. The van der Waals surface area contributed by atoms with Gasteiger partial charge in [-0.05, 0) is 24.3 Å². The van der Waals surface area contributed by atoms with Crippen LogP contribution in [-0.2, 0) is 4.74 Å². The average Bonchev–Trinajstić information content (AvgIpc) is 2.98. The second-order valence-electron chi connectivity index (χ2n) is 7.22. The van der Waals surface area contributed by atoms with Crippen LogP contribution in [0.2, 0.25) is 0 Å². The van der Waals surface area contributed by atoms with E-state index < -0.39 is 12.3 Å². The summed E-state index contributed by atoms with van der Waals surface area (Å²) < 4.78 is 19.8. The van der Waals surface area contributed by atoms with Gasteiger partial charge in [-0.25, -0.2) is 4.39 Å². The Morgan fingerprint density at radius 1 is 1.21 bits per heavy atom. The van der Waals surface area contributed by atoms with Crippen LogP contribution in [0.15, 0.2) is 42.5 Å². The molecule has 8 heteroatoms. The van der Waals surface area contributed by atoms with Gasteiger partial charge < -0.3 is 30.1 Å². The largest absolute Gasteiger partial charge is 0.389 e. The molecule has 1 saturated heterocycles. The van der Waals surface area contributed by atoms with Crippen LogP contribution < -0.4 is 10.2 Å². The van der Waals surface area contributed by atoms with Gasteiger partial charge in [0.2, 0.25) is 0 Å². The number of amides is 1.